The Morgan fingerprint density at radius 3 is 1.45 bits per heavy atom. The Morgan fingerprint density at radius 2 is 0.878 bits per heavy atom. The molecule has 0 fully saturated rings. The Kier molecular flexibility index (Phi) is 12.5. The molecule has 0 bridgehead atoms. The zero-order chi connectivity index (χ0) is 55.9. The zero-order valence-electron chi connectivity index (χ0n) is 47.6. The maximum Gasteiger partial charge on any atom is 0.149 e. The SMILES string of the molecule is CC(C)c1cc(-c2ccccc2)cc(C(C)C)c1-n1c(-c2cccc(Oc3cc(-c4nc5ccccc5n4-c4c(C(C)C)cc(-c5ccccc5)cc4C(C)C)c4oc5ccc6cc7ccccc7nc6c5c4c3)c2)nc2ccccc21. The van der Waals surface area contributed by atoms with Crippen molar-refractivity contribution < 1.29 is 9.15 Å². The summed E-state index contributed by atoms with van der Waals surface area (Å²) in [5.74, 6) is 3.73. The van der Waals surface area contributed by atoms with Crippen molar-refractivity contribution in [1.29, 1.82) is 0 Å². The number of fused-ring (bicyclic) bond motifs is 8. The number of hydrogen-bond acceptors (Lipinski definition) is 5. The number of hydrogen-bond donors (Lipinski definition) is 0. The number of rotatable bonds is 12. The average Bonchev–Trinajstić information content (AvgIpc) is 2.76. The number of aromatic nitrogens is 5. The lowest BCUT2D eigenvalue weighted by Crippen LogP contribution is -2.09. The van der Waals surface area contributed by atoms with Crippen LogP contribution in [0.3, 0.4) is 0 Å². The fourth-order valence-corrected chi connectivity index (χ4v) is 12.3. The van der Waals surface area contributed by atoms with Crippen molar-refractivity contribution in [3.63, 3.8) is 0 Å². The lowest BCUT2D eigenvalue weighted by atomic mass is 9.88. The van der Waals surface area contributed by atoms with E-state index in [0.29, 0.717) is 17.1 Å². The van der Waals surface area contributed by atoms with Crippen molar-refractivity contribution in [2.24, 2.45) is 0 Å². The third kappa shape index (κ3) is 8.62. The second kappa shape index (κ2) is 20.2. The van der Waals surface area contributed by atoms with Gasteiger partial charge in [0.25, 0.3) is 0 Å². The lowest BCUT2D eigenvalue weighted by molar-refractivity contribution is 0.483. The number of imidazole rings is 2. The predicted molar refractivity (Wildman–Crippen MR) is 340 cm³/mol. The molecule has 0 N–H and O–H groups in total. The van der Waals surface area contributed by atoms with Crippen LogP contribution in [0.4, 0.5) is 0 Å². The molecule has 10 aromatic carbocycles. The van der Waals surface area contributed by atoms with E-state index in [1.54, 1.807) is 0 Å². The molecule has 0 atom stereocenters. The minimum Gasteiger partial charge on any atom is -0.457 e. The van der Waals surface area contributed by atoms with E-state index >= 15 is 0 Å². The third-order valence-electron chi connectivity index (χ3n) is 16.4. The summed E-state index contributed by atoms with van der Waals surface area (Å²) in [4.78, 5) is 16.4. The van der Waals surface area contributed by atoms with Crippen molar-refractivity contribution in [2.75, 3.05) is 0 Å². The third-order valence-corrected chi connectivity index (χ3v) is 16.4. The molecule has 0 spiro atoms. The monoisotopic (exact) mass is 1070 g/mol. The molecule has 0 saturated heterocycles. The molecule has 0 aliphatic carbocycles. The molecule has 0 radical (unpaired) electrons. The van der Waals surface area contributed by atoms with E-state index < -0.39 is 0 Å². The van der Waals surface area contributed by atoms with E-state index in [2.05, 4.69) is 265 Å². The van der Waals surface area contributed by atoms with Gasteiger partial charge in [0.15, 0.2) is 0 Å². The fraction of sp³-hybridized carbons (Fsp3) is 0.160. The quantitative estimate of drug-likeness (QED) is 0.114. The summed E-state index contributed by atoms with van der Waals surface area (Å²) in [5, 5.41) is 3.93. The van der Waals surface area contributed by atoms with Crippen LogP contribution >= 0.6 is 0 Å². The molecule has 0 saturated carbocycles. The van der Waals surface area contributed by atoms with E-state index in [-0.39, 0.29) is 23.7 Å². The van der Waals surface area contributed by atoms with Crippen LogP contribution in [0.15, 0.2) is 217 Å². The van der Waals surface area contributed by atoms with Gasteiger partial charge in [-0.3, -0.25) is 9.13 Å². The van der Waals surface area contributed by atoms with Gasteiger partial charge in [0.05, 0.1) is 55.4 Å². The number of ether oxygens (including phenoxy) is 1. The normalized spacial score (nSPS) is 12.1. The minimum absolute atomic E-state index is 0.182. The maximum atomic E-state index is 7.29. The van der Waals surface area contributed by atoms with Crippen molar-refractivity contribution in [1.82, 2.24) is 24.1 Å². The Balaban J connectivity index is 0.997. The van der Waals surface area contributed by atoms with Crippen LogP contribution < -0.4 is 4.74 Å². The van der Waals surface area contributed by atoms with Crippen molar-refractivity contribution in [2.45, 2.75) is 79.1 Å². The molecule has 400 valence electrons. The highest BCUT2D eigenvalue weighted by Gasteiger charge is 2.29. The van der Waals surface area contributed by atoms with Crippen LogP contribution in [0.1, 0.15) is 101 Å². The number of pyridine rings is 1. The number of benzene rings is 10. The number of furan rings is 1. The van der Waals surface area contributed by atoms with Gasteiger partial charge in [0.2, 0.25) is 0 Å². The lowest BCUT2D eigenvalue weighted by Gasteiger charge is -2.24. The van der Waals surface area contributed by atoms with E-state index in [9.17, 15) is 0 Å². The Labute approximate surface area is 478 Å². The second-order valence-electron chi connectivity index (χ2n) is 23.1. The van der Waals surface area contributed by atoms with Crippen LogP contribution in [-0.4, -0.2) is 24.1 Å². The van der Waals surface area contributed by atoms with Crippen LogP contribution in [0, 0.1) is 0 Å². The molecule has 7 heteroatoms. The standard InChI is InChI=1S/C75H63N5O2/c1-44(2)57-38-53(48-22-11-9-12-23-48)39-58(45(3)4)71(57)79-66-32-19-17-30-64(66)77-74(79)52-27-21-28-55(37-52)81-56-42-61-69-68(35-34-51-36-50-26-15-16-29-63(50)76-70(51)69)82-73(61)62(43-56)75-78-65-31-18-20-33-67(65)80(75)72-59(46(5)6)40-54(41-60(72)47(7)8)49-24-13-10-14-25-49/h9-47H,1-8H3. The summed E-state index contributed by atoms with van der Waals surface area (Å²) in [6.45, 7) is 18.4. The number of para-hydroxylation sites is 5. The molecule has 0 amide bonds. The van der Waals surface area contributed by atoms with E-state index in [1.807, 2.05) is 12.1 Å². The van der Waals surface area contributed by atoms with Crippen LogP contribution in [0.25, 0.3) is 122 Å². The second-order valence-corrected chi connectivity index (χ2v) is 23.1. The first-order valence-corrected chi connectivity index (χ1v) is 28.9. The van der Waals surface area contributed by atoms with Gasteiger partial charge in [-0.1, -0.05) is 171 Å². The Bertz CT molecular complexity index is 4730. The Morgan fingerprint density at radius 1 is 0.378 bits per heavy atom. The van der Waals surface area contributed by atoms with E-state index in [0.717, 1.165) is 88.7 Å². The summed E-state index contributed by atoms with van der Waals surface area (Å²) >= 11 is 0. The smallest absolute Gasteiger partial charge is 0.149 e. The molecule has 7 nitrogen and oxygen atoms in total. The molecule has 82 heavy (non-hydrogen) atoms. The molecule has 4 heterocycles. The van der Waals surface area contributed by atoms with Gasteiger partial charge in [-0.25, -0.2) is 15.0 Å². The van der Waals surface area contributed by atoms with E-state index in [4.69, 9.17) is 24.1 Å². The van der Waals surface area contributed by atoms with Crippen molar-refractivity contribution in [3.05, 3.63) is 235 Å². The topological polar surface area (TPSA) is 70.9 Å². The van der Waals surface area contributed by atoms with Crippen LogP contribution in [0.5, 0.6) is 11.5 Å². The van der Waals surface area contributed by atoms with Crippen molar-refractivity contribution >= 4 is 65.8 Å². The molecule has 0 aliphatic heterocycles. The minimum atomic E-state index is 0.182. The first kappa shape index (κ1) is 50.6. The van der Waals surface area contributed by atoms with Crippen molar-refractivity contribution in [3.8, 4) is 67.9 Å². The molecule has 4 aromatic heterocycles. The molecule has 0 aliphatic rings. The van der Waals surface area contributed by atoms with Gasteiger partial charge < -0.3 is 9.15 Å². The van der Waals surface area contributed by atoms with Gasteiger partial charge in [-0.15, -0.1) is 0 Å². The highest BCUT2D eigenvalue weighted by atomic mass is 16.5. The van der Waals surface area contributed by atoms with Crippen LogP contribution in [0.2, 0.25) is 0 Å². The molecular formula is C75H63N5O2. The molecule has 14 aromatic rings. The Hall–Kier alpha value is -9.59. The first-order chi connectivity index (χ1) is 39.9. The first-order valence-electron chi connectivity index (χ1n) is 28.9. The summed E-state index contributed by atoms with van der Waals surface area (Å²) < 4.78 is 19.2. The highest BCUT2D eigenvalue weighted by molar-refractivity contribution is 6.21. The van der Waals surface area contributed by atoms with Gasteiger partial charge in [0.1, 0.15) is 34.3 Å². The fourth-order valence-electron chi connectivity index (χ4n) is 12.3. The van der Waals surface area contributed by atoms with Gasteiger partial charge in [0, 0.05) is 21.7 Å². The summed E-state index contributed by atoms with van der Waals surface area (Å²) in [5.41, 5.74) is 21.0. The van der Waals surface area contributed by atoms with Crippen LogP contribution in [-0.2, 0) is 0 Å². The summed E-state index contributed by atoms with van der Waals surface area (Å²) in [6.07, 6.45) is 0. The van der Waals surface area contributed by atoms with Gasteiger partial charge in [-0.2, -0.15) is 0 Å². The predicted octanol–water partition coefficient (Wildman–Crippen LogP) is 20.9. The molecule has 14 rings (SSSR count). The van der Waals surface area contributed by atoms with Gasteiger partial charge in [-0.05, 0) is 165 Å². The largest absolute Gasteiger partial charge is 0.457 e. The highest BCUT2D eigenvalue weighted by Crippen LogP contribution is 2.47. The summed E-state index contributed by atoms with van der Waals surface area (Å²) in [6, 6.07) is 75.3. The maximum absolute atomic E-state index is 7.29. The zero-order valence-corrected chi connectivity index (χ0v) is 47.6. The number of nitrogens with zero attached hydrogens (tertiary/aromatic N) is 5. The van der Waals surface area contributed by atoms with Gasteiger partial charge >= 0.3 is 0 Å². The molecule has 0 unspecified atom stereocenters. The summed E-state index contributed by atoms with van der Waals surface area (Å²) in [7, 11) is 0. The van der Waals surface area contributed by atoms with E-state index in [1.165, 1.54) is 50.2 Å². The average molecular weight is 1070 g/mol. The molecular weight excluding hydrogens is 1000 g/mol.